The van der Waals surface area contributed by atoms with Crippen molar-refractivity contribution in [3.8, 4) is 5.75 Å². The summed E-state index contributed by atoms with van der Waals surface area (Å²) in [5, 5.41) is 1.18. The molecule has 0 saturated heterocycles. The summed E-state index contributed by atoms with van der Waals surface area (Å²) in [6.45, 7) is 3.74. The first-order chi connectivity index (χ1) is 18.6. The highest BCUT2D eigenvalue weighted by Gasteiger charge is 2.34. The van der Waals surface area contributed by atoms with Gasteiger partial charge in [-0.3, -0.25) is 9.59 Å². The monoisotopic (exact) mass is 509 g/mol. The Balaban J connectivity index is 1.31. The van der Waals surface area contributed by atoms with Gasteiger partial charge in [0.15, 0.2) is 0 Å². The molecule has 3 aromatic carbocycles. The van der Waals surface area contributed by atoms with E-state index in [-0.39, 0.29) is 24.4 Å². The van der Waals surface area contributed by atoms with Crippen molar-refractivity contribution in [3.63, 3.8) is 0 Å². The van der Waals surface area contributed by atoms with E-state index >= 15 is 0 Å². The van der Waals surface area contributed by atoms with E-state index in [9.17, 15) is 9.59 Å². The van der Waals surface area contributed by atoms with Crippen LogP contribution in [0.25, 0.3) is 10.9 Å². The largest absolute Gasteiger partial charge is 0.494 e. The molecule has 0 spiro atoms. The Morgan fingerprint density at radius 3 is 2.37 bits per heavy atom. The number of hydrogen-bond donors (Lipinski definition) is 1. The smallest absolute Gasteiger partial charge is 0.242 e. The number of carbonyl (C=O) groups is 2. The minimum atomic E-state index is -0.0213. The molecule has 4 aromatic rings. The number of nitrogens with one attached hydrogen (secondary N) is 1. The summed E-state index contributed by atoms with van der Waals surface area (Å²) >= 11 is 0. The summed E-state index contributed by atoms with van der Waals surface area (Å²) in [5.74, 6) is 0.816. The van der Waals surface area contributed by atoms with Crippen LogP contribution in [0, 0.1) is 0 Å². The Bertz CT molecular complexity index is 1360. The first kappa shape index (κ1) is 25.6. The summed E-state index contributed by atoms with van der Waals surface area (Å²) in [5.41, 5.74) is 4.29. The van der Waals surface area contributed by atoms with Crippen molar-refractivity contribution in [2.75, 3.05) is 19.7 Å². The number of hydrogen-bond acceptors (Lipinski definition) is 3. The molecule has 5 rings (SSSR count). The molecule has 1 aliphatic rings. The highest BCUT2D eigenvalue weighted by Crippen LogP contribution is 2.28. The number of rotatable bonds is 12. The molecule has 0 radical (unpaired) electrons. The molecule has 196 valence electrons. The van der Waals surface area contributed by atoms with E-state index in [1.165, 1.54) is 10.9 Å². The van der Waals surface area contributed by atoms with Crippen LogP contribution in [-0.4, -0.2) is 52.3 Å². The van der Waals surface area contributed by atoms with E-state index in [2.05, 4.69) is 17.1 Å². The van der Waals surface area contributed by atoms with Crippen LogP contribution in [0.15, 0.2) is 85.1 Å². The molecule has 1 heterocycles. The molecular formula is C32H35N3O3. The fraction of sp³-hybridized carbons (Fsp3) is 0.312. The molecule has 1 saturated carbocycles. The van der Waals surface area contributed by atoms with Gasteiger partial charge in [-0.1, -0.05) is 60.7 Å². The van der Waals surface area contributed by atoms with Gasteiger partial charge in [0.2, 0.25) is 11.8 Å². The lowest BCUT2D eigenvalue weighted by molar-refractivity contribution is -0.141. The van der Waals surface area contributed by atoms with Crippen molar-refractivity contribution in [2.45, 2.75) is 45.2 Å². The second-order valence-electron chi connectivity index (χ2n) is 9.92. The SMILES string of the molecule is CCOc1ccc(CN(CCc2c[nH]c3ccccc23)C(=O)CN(C(=O)Cc2ccccc2)C2CC2)cc1. The summed E-state index contributed by atoms with van der Waals surface area (Å²) in [7, 11) is 0. The summed E-state index contributed by atoms with van der Waals surface area (Å²) < 4.78 is 5.58. The van der Waals surface area contributed by atoms with Crippen molar-refractivity contribution >= 4 is 22.7 Å². The number of ether oxygens (including phenoxy) is 1. The minimum absolute atomic E-state index is 0.0182. The third kappa shape index (κ3) is 6.43. The molecule has 0 aliphatic heterocycles. The van der Waals surface area contributed by atoms with Gasteiger partial charge in [-0.25, -0.2) is 0 Å². The van der Waals surface area contributed by atoms with Gasteiger partial charge in [-0.05, 0) is 61.1 Å². The van der Waals surface area contributed by atoms with Gasteiger partial charge in [0.1, 0.15) is 12.3 Å². The van der Waals surface area contributed by atoms with Gasteiger partial charge >= 0.3 is 0 Å². The Hall–Kier alpha value is -4.06. The zero-order valence-electron chi connectivity index (χ0n) is 21.9. The number of para-hydroxylation sites is 1. The van der Waals surface area contributed by atoms with Gasteiger partial charge in [0.25, 0.3) is 0 Å². The zero-order chi connectivity index (χ0) is 26.3. The number of fused-ring (bicyclic) bond motifs is 1. The number of aromatic amines is 1. The molecule has 1 N–H and O–H groups in total. The van der Waals surface area contributed by atoms with Crippen LogP contribution in [0.1, 0.15) is 36.5 Å². The van der Waals surface area contributed by atoms with Crippen molar-refractivity contribution in [1.29, 1.82) is 0 Å². The van der Waals surface area contributed by atoms with Crippen LogP contribution in [0.3, 0.4) is 0 Å². The standard InChI is InChI=1S/C32H35N3O3/c1-2-38-28-16-12-25(13-17-28)22-34(19-18-26-21-33-30-11-7-6-10-29(26)30)32(37)23-35(27-14-15-27)31(36)20-24-8-4-3-5-9-24/h3-13,16-17,21,27,33H,2,14-15,18-20,22-23H2,1H3. The molecule has 1 aromatic heterocycles. The lowest BCUT2D eigenvalue weighted by Gasteiger charge is -2.28. The Kier molecular flexibility index (Phi) is 8.07. The lowest BCUT2D eigenvalue weighted by Crippen LogP contribution is -2.44. The molecule has 2 amide bonds. The summed E-state index contributed by atoms with van der Waals surface area (Å²) in [6, 6.07) is 26.1. The summed E-state index contributed by atoms with van der Waals surface area (Å²) in [4.78, 5) is 34.0. The maximum Gasteiger partial charge on any atom is 0.242 e. The maximum absolute atomic E-state index is 13.7. The molecule has 6 nitrogen and oxygen atoms in total. The highest BCUT2D eigenvalue weighted by molar-refractivity contribution is 5.87. The topological polar surface area (TPSA) is 65.6 Å². The molecule has 1 aliphatic carbocycles. The van der Waals surface area contributed by atoms with Crippen LogP contribution in [0.5, 0.6) is 5.75 Å². The quantitative estimate of drug-likeness (QED) is 0.279. The van der Waals surface area contributed by atoms with E-state index in [1.54, 1.807) is 4.90 Å². The van der Waals surface area contributed by atoms with Gasteiger partial charge < -0.3 is 19.5 Å². The fourth-order valence-corrected chi connectivity index (χ4v) is 4.89. The van der Waals surface area contributed by atoms with Crippen molar-refractivity contribution < 1.29 is 14.3 Å². The number of amides is 2. The number of nitrogens with zero attached hydrogens (tertiary/aromatic N) is 2. The predicted octanol–water partition coefficient (Wildman–Crippen LogP) is 5.37. The van der Waals surface area contributed by atoms with Crippen molar-refractivity contribution in [2.24, 2.45) is 0 Å². The molecule has 0 atom stereocenters. The molecule has 0 bridgehead atoms. The van der Waals surface area contributed by atoms with E-state index in [1.807, 2.05) is 84.8 Å². The number of aromatic nitrogens is 1. The normalized spacial score (nSPS) is 12.9. The van der Waals surface area contributed by atoms with Gasteiger partial charge in [-0.2, -0.15) is 0 Å². The summed E-state index contributed by atoms with van der Waals surface area (Å²) in [6.07, 6.45) is 5.00. The van der Waals surface area contributed by atoms with E-state index in [0.29, 0.717) is 26.1 Å². The first-order valence-corrected chi connectivity index (χ1v) is 13.5. The molecule has 1 fully saturated rings. The third-order valence-corrected chi connectivity index (χ3v) is 7.10. The Morgan fingerprint density at radius 2 is 1.63 bits per heavy atom. The average Bonchev–Trinajstić information content (AvgIpc) is 3.70. The van der Waals surface area contributed by atoms with Crippen LogP contribution >= 0.6 is 0 Å². The van der Waals surface area contributed by atoms with Crippen molar-refractivity contribution in [3.05, 3.63) is 102 Å². The molecule has 38 heavy (non-hydrogen) atoms. The molecular weight excluding hydrogens is 474 g/mol. The number of carbonyl (C=O) groups excluding carboxylic acids is 2. The second-order valence-corrected chi connectivity index (χ2v) is 9.92. The predicted molar refractivity (Wildman–Crippen MR) is 150 cm³/mol. The number of benzene rings is 3. The first-order valence-electron chi connectivity index (χ1n) is 13.5. The lowest BCUT2D eigenvalue weighted by atomic mass is 10.1. The van der Waals surface area contributed by atoms with Crippen molar-refractivity contribution in [1.82, 2.24) is 14.8 Å². The Labute approximate surface area is 224 Å². The third-order valence-electron chi connectivity index (χ3n) is 7.10. The van der Waals surface area contributed by atoms with E-state index in [4.69, 9.17) is 4.74 Å². The maximum atomic E-state index is 13.7. The fourth-order valence-electron chi connectivity index (χ4n) is 4.89. The van der Waals surface area contributed by atoms with E-state index < -0.39 is 0 Å². The zero-order valence-corrected chi connectivity index (χ0v) is 21.9. The average molecular weight is 510 g/mol. The van der Waals surface area contributed by atoms with Crippen LogP contribution in [0.2, 0.25) is 0 Å². The highest BCUT2D eigenvalue weighted by atomic mass is 16.5. The van der Waals surface area contributed by atoms with Crippen LogP contribution < -0.4 is 4.74 Å². The van der Waals surface area contributed by atoms with E-state index in [0.717, 1.165) is 41.7 Å². The van der Waals surface area contributed by atoms with Gasteiger partial charge in [-0.15, -0.1) is 0 Å². The van der Waals surface area contributed by atoms with Crippen LogP contribution in [0.4, 0.5) is 0 Å². The Morgan fingerprint density at radius 1 is 0.895 bits per heavy atom. The molecule has 0 unspecified atom stereocenters. The number of H-pyrrole nitrogens is 1. The molecule has 6 heteroatoms. The van der Waals surface area contributed by atoms with Gasteiger partial charge in [0.05, 0.1) is 13.0 Å². The van der Waals surface area contributed by atoms with Crippen LogP contribution in [-0.2, 0) is 29.0 Å². The van der Waals surface area contributed by atoms with Gasteiger partial charge in [0, 0.05) is 36.2 Å². The minimum Gasteiger partial charge on any atom is -0.494 e. The second kappa shape index (κ2) is 12.0.